The summed E-state index contributed by atoms with van der Waals surface area (Å²) in [6.07, 6.45) is 0.509. The monoisotopic (exact) mass is 292 g/mol. The van der Waals surface area contributed by atoms with E-state index < -0.39 is 5.82 Å². The zero-order valence-electron chi connectivity index (χ0n) is 10.3. The molecule has 0 amide bonds. The fourth-order valence-electron chi connectivity index (χ4n) is 1.63. The lowest BCUT2D eigenvalue weighted by Crippen LogP contribution is -2.11. The van der Waals surface area contributed by atoms with Crippen molar-refractivity contribution in [2.45, 2.75) is 0 Å². The van der Waals surface area contributed by atoms with Crippen LogP contribution in [0.2, 0.25) is 5.02 Å². The number of benzene rings is 2. The topological polar surface area (TPSA) is 43.4 Å². The normalized spacial score (nSPS) is 10.1. The van der Waals surface area contributed by atoms with E-state index in [0.29, 0.717) is 16.9 Å². The number of aldehydes is 1. The number of halogens is 2. The molecule has 0 aliphatic carbocycles. The van der Waals surface area contributed by atoms with E-state index in [1.807, 2.05) is 0 Å². The molecule has 0 aliphatic rings. The molecule has 0 radical (unpaired) electrons. The maximum Gasteiger partial charge on any atom is 0.200 e. The molecule has 20 heavy (non-hydrogen) atoms. The number of ketones is 1. The number of hydrogen-bond acceptors (Lipinski definition) is 3. The molecule has 0 saturated heterocycles. The van der Waals surface area contributed by atoms with Crippen LogP contribution in [0.5, 0.6) is 5.75 Å². The third-order valence-electron chi connectivity index (χ3n) is 2.55. The van der Waals surface area contributed by atoms with Gasteiger partial charge in [0, 0.05) is 22.2 Å². The lowest BCUT2D eigenvalue weighted by Gasteiger charge is -2.06. The number of rotatable bonds is 5. The molecule has 2 rings (SSSR count). The molecule has 0 fully saturated rings. The predicted molar refractivity (Wildman–Crippen MR) is 73.1 cm³/mol. The van der Waals surface area contributed by atoms with Crippen LogP contribution in [-0.4, -0.2) is 18.7 Å². The third kappa shape index (κ3) is 3.65. The number of carbonyl (C=O) groups is 2. The molecule has 2 aromatic carbocycles. The van der Waals surface area contributed by atoms with Gasteiger partial charge in [0.25, 0.3) is 0 Å². The van der Waals surface area contributed by atoms with Crippen molar-refractivity contribution in [1.82, 2.24) is 0 Å². The molecule has 0 aromatic heterocycles. The molecule has 2 aromatic rings. The van der Waals surface area contributed by atoms with Gasteiger partial charge in [0.15, 0.2) is 12.4 Å². The Morgan fingerprint density at radius 2 is 2.05 bits per heavy atom. The number of hydrogen-bond donors (Lipinski definition) is 0. The van der Waals surface area contributed by atoms with Crippen LogP contribution in [0.25, 0.3) is 0 Å². The summed E-state index contributed by atoms with van der Waals surface area (Å²) in [7, 11) is 0. The minimum absolute atomic E-state index is 0.127. The van der Waals surface area contributed by atoms with E-state index in [1.165, 1.54) is 12.1 Å². The largest absolute Gasteiger partial charge is 0.485 e. The third-order valence-corrected chi connectivity index (χ3v) is 2.78. The zero-order valence-corrected chi connectivity index (χ0v) is 11.1. The summed E-state index contributed by atoms with van der Waals surface area (Å²) in [6, 6.07) is 10.00. The lowest BCUT2D eigenvalue weighted by molar-refractivity contribution is 0.0921. The predicted octanol–water partition coefficient (Wildman–Crippen LogP) is 3.55. The van der Waals surface area contributed by atoms with E-state index in [-0.39, 0.29) is 23.7 Å². The smallest absolute Gasteiger partial charge is 0.200 e. The summed E-state index contributed by atoms with van der Waals surface area (Å²) >= 11 is 5.78. The van der Waals surface area contributed by atoms with Crippen molar-refractivity contribution in [3.05, 3.63) is 64.4 Å². The second-order valence-corrected chi connectivity index (χ2v) is 4.50. The summed E-state index contributed by atoms with van der Waals surface area (Å²) in [5, 5.41) is 0.449. The minimum atomic E-state index is -0.597. The van der Waals surface area contributed by atoms with Crippen LogP contribution in [0.1, 0.15) is 20.7 Å². The molecule has 5 heteroatoms. The molecule has 0 saturated carbocycles. The summed E-state index contributed by atoms with van der Waals surface area (Å²) in [4.78, 5) is 22.5. The molecule has 3 nitrogen and oxygen atoms in total. The van der Waals surface area contributed by atoms with Crippen LogP contribution < -0.4 is 4.74 Å². The average molecular weight is 293 g/mol. The molecule has 0 unspecified atom stereocenters. The van der Waals surface area contributed by atoms with E-state index >= 15 is 0 Å². The first kappa shape index (κ1) is 14.2. The van der Waals surface area contributed by atoms with Gasteiger partial charge >= 0.3 is 0 Å². The van der Waals surface area contributed by atoms with Gasteiger partial charge in [-0.1, -0.05) is 23.7 Å². The van der Waals surface area contributed by atoms with Crippen molar-refractivity contribution in [1.29, 1.82) is 0 Å². The van der Waals surface area contributed by atoms with Gasteiger partial charge in [-0.2, -0.15) is 0 Å². The molecule has 0 aliphatic heterocycles. The molecule has 0 bridgehead atoms. The Labute approximate surface area is 119 Å². The molecule has 102 valence electrons. The van der Waals surface area contributed by atoms with Crippen molar-refractivity contribution in [2.24, 2.45) is 0 Å². The van der Waals surface area contributed by atoms with Gasteiger partial charge in [0.05, 0.1) is 0 Å². The number of carbonyl (C=O) groups excluding carboxylic acids is 2. The van der Waals surface area contributed by atoms with Crippen molar-refractivity contribution < 1.29 is 18.7 Å². The Bertz CT molecular complexity index is 655. The Hall–Kier alpha value is -2.20. The van der Waals surface area contributed by atoms with Gasteiger partial charge in [-0.3, -0.25) is 9.59 Å². The Morgan fingerprint density at radius 3 is 2.75 bits per heavy atom. The molecule has 0 atom stereocenters. The van der Waals surface area contributed by atoms with Gasteiger partial charge in [-0.25, -0.2) is 4.39 Å². The van der Waals surface area contributed by atoms with Crippen molar-refractivity contribution in [3.8, 4) is 5.75 Å². The SMILES string of the molecule is O=Cc1cc(F)cc(OCC(=O)c2cccc(Cl)c2)c1. The van der Waals surface area contributed by atoms with E-state index in [9.17, 15) is 14.0 Å². The lowest BCUT2D eigenvalue weighted by atomic mass is 10.1. The maximum absolute atomic E-state index is 13.2. The Kier molecular flexibility index (Phi) is 4.48. The van der Waals surface area contributed by atoms with Gasteiger partial charge < -0.3 is 4.74 Å². The van der Waals surface area contributed by atoms with Gasteiger partial charge in [-0.15, -0.1) is 0 Å². The van der Waals surface area contributed by atoms with Crippen LogP contribution >= 0.6 is 11.6 Å². The van der Waals surface area contributed by atoms with Crippen LogP contribution in [0.4, 0.5) is 4.39 Å². The highest BCUT2D eigenvalue weighted by Crippen LogP contribution is 2.16. The Balaban J connectivity index is 2.07. The maximum atomic E-state index is 13.2. The Morgan fingerprint density at radius 1 is 1.25 bits per heavy atom. The van der Waals surface area contributed by atoms with Gasteiger partial charge in [0.2, 0.25) is 0 Å². The van der Waals surface area contributed by atoms with Crippen LogP contribution in [0.15, 0.2) is 42.5 Å². The average Bonchev–Trinajstić information content (AvgIpc) is 2.44. The highest BCUT2D eigenvalue weighted by atomic mass is 35.5. The van der Waals surface area contributed by atoms with Gasteiger partial charge in [0.1, 0.15) is 17.9 Å². The number of Topliss-reactive ketones (excluding diaryl/α,β-unsaturated/α-hetero) is 1. The number of ether oxygens (including phenoxy) is 1. The second-order valence-electron chi connectivity index (χ2n) is 4.06. The van der Waals surface area contributed by atoms with Crippen LogP contribution in [0.3, 0.4) is 0 Å². The first-order chi connectivity index (χ1) is 9.58. The second kappa shape index (κ2) is 6.30. The fraction of sp³-hybridized carbons (Fsp3) is 0.0667. The quantitative estimate of drug-likeness (QED) is 0.625. The standard InChI is InChI=1S/C15H10ClFO3/c16-12-3-1-2-11(6-12)15(19)9-20-14-5-10(8-18)4-13(17)7-14/h1-8H,9H2. The van der Waals surface area contributed by atoms with Crippen LogP contribution in [0, 0.1) is 5.82 Å². The minimum Gasteiger partial charge on any atom is -0.485 e. The summed E-state index contributed by atoms with van der Waals surface area (Å²) in [5.41, 5.74) is 0.555. The van der Waals surface area contributed by atoms with Gasteiger partial charge in [-0.05, 0) is 24.3 Å². The highest BCUT2D eigenvalue weighted by molar-refractivity contribution is 6.31. The van der Waals surface area contributed by atoms with E-state index in [2.05, 4.69) is 0 Å². The zero-order chi connectivity index (χ0) is 14.5. The van der Waals surface area contributed by atoms with Crippen LogP contribution in [-0.2, 0) is 0 Å². The van der Waals surface area contributed by atoms with Crippen molar-refractivity contribution in [3.63, 3.8) is 0 Å². The summed E-state index contributed by atoms with van der Waals surface area (Å²) in [5.74, 6) is -0.758. The highest BCUT2D eigenvalue weighted by Gasteiger charge is 2.08. The first-order valence-corrected chi connectivity index (χ1v) is 6.13. The van der Waals surface area contributed by atoms with E-state index in [0.717, 1.165) is 12.1 Å². The van der Waals surface area contributed by atoms with E-state index in [4.69, 9.17) is 16.3 Å². The molecule has 0 spiro atoms. The van der Waals surface area contributed by atoms with E-state index in [1.54, 1.807) is 18.2 Å². The fourth-order valence-corrected chi connectivity index (χ4v) is 1.82. The molecular weight excluding hydrogens is 283 g/mol. The molecule has 0 heterocycles. The van der Waals surface area contributed by atoms with Crippen molar-refractivity contribution >= 4 is 23.7 Å². The molecular formula is C15H10ClFO3. The molecule has 0 N–H and O–H groups in total. The van der Waals surface area contributed by atoms with Crippen molar-refractivity contribution in [2.75, 3.05) is 6.61 Å². The first-order valence-electron chi connectivity index (χ1n) is 5.76. The summed E-state index contributed by atoms with van der Waals surface area (Å²) in [6.45, 7) is -0.262. The summed E-state index contributed by atoms with van der Waals surface area (Å²) < 4.78 is 18.4.